The number of hydrogen-bond donors (Lipinski definition) is 1. The molecule has 0 aliphatic carbocycles. The maximum atomic E-state index is 13.0. The number of carboxylic acid groups (broad SMARTS) is 1. The molecule has 0 radical (unpaired) electrons. The minimum atomic E-state index is -0.970. The van der Waals surface area contributed by atoms with E-state index in [-0.39, 0.29) is 0 Å². The molecule has 0 aliphatic rings. The lowest BCUT2D eigenvalue weighted by Crippen LogP contribution is -2.04. The first-order valence-corrected chi connectivity index (χ1v) is 5.38. The molecule has 0 spiro atoms. The molecule has 1 unspecified atom stereocenters. The van der Waals surface area contributed by atoms with Crippen LogP contribution in [-0.4, -0.2) is 11.1 Å². The van der Waals surface area contributed by atoms with Gasteiger partial charge in [0, 0.05) is 0 Å². The van der Waals surface area contributed by atoms with Gasteiger partial charge < -0.3 is 5.11 Å². The quantitative estimate of drug-likeness (QED) is 0.651. The smallest absolute Gasteiger partial charge is 0.321 e. The van der Waals surface area contributed by atoms with E-state index < -0.39 is 15.7 Å². The van der Waals surface area contributed by atoms with E-state index in [0.29, 0.717) is 10.0 Å². The number of carbonyl (C=O) groups is 1. The van der Waals surface area contributed by atoms with Crippen molar-refractivity contribution in [2.24, 2.45) is 0 Å². The van der Waals surface area contributed by atoms with Crippen LogP contribution in [0.25, 0.3) is 0 Å². The number of hydrogen-bond acceptors (Lipinski definition) is 1. The van der Waals surface area contributed by atoms with Gasteiger partial charge in [-0.2, -0.15) is 0 Å². The van der Waals surface area contributed by atoms with Crippen molar-refractivity contribution in [1.29, 1.82) is 0 Å². The van der Waals surface area contributed by atoms with Gasteiger partial charge in [0.25, 0.3) is 0 Å². The molecule has 1 aromatic rings. The van der Waals surface area contributed by atoms with E-state index >= 15 is 0 Å². The summed E-state index contributed by atoms with van der Waals surface area (Å²) in [7, 11) is 0. The van der Waals surface area contributed by atoms with Crippen LogP contribution < -0.4 is 0 Å². The Morgan fingerprint density at radius 2 is 2.23 bits per heavy atom. The molecule has 13 heavy (non-hydrogen) atoms. The summed E-state index contributed by atoms with van der Waals surface area (Å²) in [4.78, 5) is 10.6. The lowest BCUT2D eigenvalue weighted by atomic mass is 10.1. The van der Waals surface area contributed by atoms with Gasteiger partial charge in [0.2, 0.25) is 0 Å². The Bertz CT molecular complexity index is 343. The second-order valence-corrected chi connectivity index (χ2v) is 4.47. The molecule has 0 aliphatic heterocycles. The summed E-state index contributed by atoms with van der Waals surface area (Å²) >= 11 is 4.73. The van der Waals surface area contributed by atoms with Crippen molar-refractivity contribution in [3.05, 3.63) is 34.1 Å². The highest BCUT2D eigenvalue weighted by Crippen LogP contribution is 2.26. The molecule has 5 heteroatoms. The van der Waals surface area contributed by atoms with Gasteiger partial charge in [-0.1, -0.05) is 28.7 Å². The SMILES string of the molecule is O=C(O)C(I)c1ccc(Br)c(F)c1. The van der Waals surface area contributed by atoms with Crippen LogP contribution in [0.2, 0.25) is 0 Å². The fourth-order valence-electron chi connectivity index (χ4n) is 0.813. The van der Waals surface area contributed by atoms with Gasteiger partial charge in [0.05, 0.1) is 4.47 Å². The normalized spacial score (nSPS) is 12.5. The van der Waals surface area contributed by atoms with Crippen LogP contribution in [0, 0.1) is 5.82 Å². The van der Waals surface area contributed by atoms with Crippen LogP contribution in [-0.2, 0) is 4.79 Å². The molecule has 0 bridgehead atoms. The Labute approximate surface area is 96.4 Å². The average molecular weight is 359 g/mol. The summed E-state index contributed by atoms with van der Waals surface area (Å²) in [5.41, 5.74) is 0.453. The first-order chi connectivity index (χ1) is 6.02. The molecule has 0 saturated heterocycles. The molecule has 2 nitrogen and oxygen atoms in total. The van der Waals surface area contributed by atoms with E-state index in [0.717, 1.165) is 0 Å². The largest absolute Gasteiger partial charge is 0.480 e. The molecule has 70 valence electrons. The molecular weight excluding hydrogens is 354 g/mol. The first kappa shape index (κ1) is 10.9. The Morgan fingerprint density at radius 3 is 2.69 bits per heavy atom. The highest BCUT2D eigenvalue weighted by atomic mass is 127. The van der Waals surface area contributed by atoms with Crippen LogP contribution >= 0.6 is 38.5 Å². The molecule has 0 heterocycles. The lowest BCUT2D eigenvalue weighted by molar-refractivity contribution is -0.136. The first-order valence-electron chi connectivity index (χ1n) is 3.34. The molecular formula is C8H5BrFIO2. The zero-order valence-electron chi connectivity index (χ0n) is 6.30. The standard InChI is InChI=1S/C8H5BrFIO2/c9-5-2-1-4(3-6(5)10)7(11)8(12)13/h1-3,7H,(H,12,13). The van der Waals surface area contributed by atoms with Gasteiger partial charge in [0.15, 0.2) is 0 Å². The van der Waals surface area contributed by atoms with E-state index in [1.54, 1.807) is 28.7 Å². The van der Waals surface area contributed by atoms with E-state index in [1.165, 1.54) is 12.1 Å². The predicted octanol–water partition coefficient (Wildman–Crippen LogP) is 3.15. The summed E-state index contributed by atoms with van der Waals surface area (Å²) in [5, 5.41) is 8.65. The fourth-order valence-corrected chi connectivity index (χ4v) is 1.45. The Morgan fingerprint density at radius 1 is 1.62 bits per heavy atom. The summed E-state index contributed by atoms with van der Waals surface area (Å²) < 4.78 is 12.6. The molecule has 0 amide bonds. The summed E-state index contributed by atoms with van der Waals surface area (Å²) in [5.74, 6) is -1.41. The third-order valence-electron chi connectivity index (χ3n) is 1.45. The van der Waals surface area contributed by atoms with Gasteiger partial charge in [-0.3, -0.25) is 4.79 Å². The monoisotopic (exact) mass is 358 g/mol. The van der Waals surface area contributed by atoms with Gasteiger partial charge in [-0.05, 0) is 33.6 Å². The predicted molar refractivity (Wildman–Crippen MR) is 58.5 cm³/mol. The van der Waals surface area contributed by atoms with Gasteiger partial charge in [-0.15, -0.1) is 0 Å². The third kappa shape index (κ3) is 2.63. The van der Waals surface area contributed by atoms with Gasteiger partial charge >= 0.3 is 5.97 Å². The van der Waals surface area contributed by atoms with E-state index in [4.69, 9.17) is 5.11 Å². The third-order valence-corrected chi connectivity index (χ3v) is 3.35. The molecule has 1 rings (SSSR count). The van der Waals surface area contributed by atoms with E-state index in [9.17, 15) is 9.18 Å². The maximum Gasteiger partial charge on any atom is 0.321 e. The van der Waals surface area contributed by atoms with Crippen LogP contribution in [0.5, 0.6) is 0 Å². The highest BCUT2D eigenvalue weighted by Gasteiger charge is 2.16. The highest BCUT2D eigenvalue weighted by molar-refractivity contribution is 14.1. The maximum absolute atomic E-state index is 13.0. The number of rotatable bonds is 2. The molecule has 1 atom stereocenters. The van der Waals surface area contributed by atoms with Gasteiger partial charge in [-0.25, -0.2) is 4.39 Å². The molecule has 0 saturated carbocycles. The number of alkyl halides is 1. The van der Waals surface area contributed by atoms with Crippen molar-refractivity contribution < 1.29 is 14.3 Å². The van der Waals surface area contributed by atoms with Crippen molar-refractivity contribution in [1.82, 2.24) is 0 Å². The van der Waals surface area contributed by atoms with Crippen molar-refractivity contribution in [3.63, 3.8) is 0 Å². The number of benzene rings is 1. The zero-order valence-corrected chi connectivity index (χ0v) is 10.0. The summed E-state index contributed by atoms with van der Waals surface area (Å²) in [6.07, 6.45) is 0. The summed E-state index contributed by atoms with van der Waals surface area (Å²) in [6, 6.07) is 4.30. The minimum absolute atomic E-state index is 0.338. The van der Waals surface area contributed by atoms with Crippen LogP contribution in [0.4, 0.5) is 4.39 Å². The molecule has 1 N–H and O–H groups in total. The molecule has 0 aromatic heterocycles. The number of aliphatic carboxylic acids is 1. The second kappa shape index (κ2) is 4.36. The van der Waals surface area contributed by atoms with Crippen molar-refractivity contribution in [2.45, 2.75) is 3.92 Å². The van der Waals surface area contributed by atoms with Crippen molar-refractivity contribution in [3.8, 4) is 0 Å². The Balaban J connectivity index is 3.03. The van der Waals surface area contributed by atoms with E-state index in [2.05, 4.69) is 15.9 Å². The fraction of sp³-hybridized carbons (Fsp3) is 0.125. The summed E-state index contributed by atoms with van der Waals surface area (Å²) in [6.45, 7) is 0. The Hall–Kier alpha value is -0.170. The van der Waals surface area contributed by atoms with E-state index in [1.807, 2.05) is 0 Å². The minimum Gasteiger partial charge on any atom is -0.480 e. The van der Waals surface area contributed by atoms with Crippen LogP contribution in [0.3, 0.4) is 0 Å². The van der Waals surface area contributed by atoms with Crippen LogP contribution in [0.1, 0.15) is 9.49 Å². The van der Waals surface area contributed by atoms with Gasteiger partial charge in [0.1, 0.15) is 9.74 Å². The van der Waals surface area contributed by atoms with Crippen LogP contribution in [0.15, 0.2) is 22.7 Å². The molecule has 1 aromatic carbocycles. The Kier molecular flexibility index (Phi) is 3.66. The number of halogens is 3. The average Bonchev–Trinajstić information content (AvgIpc) is 2.08. The topological polar surface area (TPSA) is 37.3 Å². The second-order valence-electron chi connectivity index (χ2n) is 2.37. The molecule has 0 fully saturated rings. The van der Waals surface area contributed by atoms with Crippen molar-refractivity contribution in [2.75, 3.05) is 0 Å². The number of carboxylic acids is 1. The lowest BCUT2D eigenvalue weighted by Gasteiger charge is -2.05. The zero-order chi connectivity index (χ0) is 10.0. The van der Waals surface area contributed by atoms with Crippen molar-refractivity contribution >= 4 is 44.5 Å².